The quantitative estimate of drug-likeness (QED) is 0.943. The number of nitrogens with zero attached hydrogens (tertiary/aromatic N) is 2. The second-order valence-electron chi connectivity index (χ2n) is 6.71. The molecule has 1 fully saturated rings. The van der Waals surface area contributed by atoms with E-state index in [2.05, 4.69) is 22.9 Å². The second kappa shape index (κ2) is 5.72. The van der Waals surface area contributed by atoms with Gasteiger partial charge in [-0.05, 0) is 31.4 Å². The fourth-order valence-corrected chi connectivity index (χ4v) is 3.37. The number of aromatic nitrogens is 1. The first-order valence-electron chi connectivity index (χ1n) is 7.95. The molecule has 23 heavy (non-hydrogen) atoms. The van der Waals surface area contributed by atoms with Crippen molar-refractivity contribution >= 4 is 22.8 Å². The molecule has 1 N–H and O–H groups in total. The number of hydrogen-bond donors (Lipinski definition) is 1. The minimum Gasteiger partial charge on any atom is -0.481 e. The summed E-state index contributed by atoms with van der Waals surface area (Å²) < 4.78 is 2.08. The maximum atomic E-state index is 12.4. The summed E-state index contributed by atoms with van der Waals surface area (Å²) in [5.74, 6) is -0.773. The van der Waals surface area contributed by atoms with Crippen LogP contribution in [0, 0.1) is 5.41 Å². The average molecular weight is 314 g/mol. The molecule has 0 unspecified atom stereocenters. The van der Waals surface area contributed by atoms with Crippen molar-refractivity contribution in [3.63, 3.8) is 0 Å². The predicted octanol–water partition coefficient (Wildman–Crippen LogP) is 2.43. The third kappa shape index (κ3) is 2.83. The molecule has 5 nitrogen and oxygen atoms in total. The lowest BCUT2D eigenvalue weighted by atomic mass is 9.90. The molecule has 1 amide bonds. The number of hydrogen-bond acceptors (Lipinski definition) is 2. The van der Waals surface area contributed by atoms with Gasteiger partial charge in [-0.2, -0.15) is 0 Å². The molecule has 1 aromatic heterocycles. The van der Waals surface area contributed by atoms with Crippen LogP contribution in [0.4, 0.5) is 0 Å². The van der Waals surface area contributed by atoms with E-state index in [9.17, 15) is 14.7 Å². The number of fused-ring (bicyclic) bond motifs is 1. The lowest BCUT2D eigenvalue weighted by Crippen LogP contribution is -2.34. The number of aryl methyl sites for hydroxylation is 2. The molecule has 1 aromatic carbocycles. The number of likely N-dealkylation sites (tertiary alicyclic amines) is 1. The number of aliphatic carboxylic acids is 1. The van der Waals surface area contributed by atoms with Gasteiger partial charge < -0.3 is 14.6 Å². The Hall–Kier alpha value is -2.30. The van der Waals surface area contributed by atoms with Crippen LogP contribution in [-0.2, 0) is 23.1 Å². The van der Waals surface area contributed by atoms with Crippen molar-refractivity contribution in [2.45, 2.75) is 26.2 Å². The van der Waals surface area contributed by atoms with Crippen LogP contribution < -0.4 is 0 Å². The molecule has 2 heterocycles. The molecule has 1 aliphatic heterocycles. The van der Waals surface area contributed by atoms with Crippen molar-refractivity contribution in [1.29, 1.82) is 0 Å². The molecule has 0 spiro atoms. The molecule has 1 atom stereocenters. The zero-order chi connectivity index (χ0) is 16.6. The largest absolute Gasteiger partial charge is 0.481 e. The normalized spacial score (nSPS) is 21.0. The molecule has 0 bridgehead atoms. The van der Waals surface area contributed by atoms with Gasteiger partial charge in [-0.25, -0.2) is 0 Å². The molecule has 0 saturated carbocycles. The molecular formula is C18H22N2O3. The van der Waals surface area contributed by atoms with Crippen molar-refractivity contribution in [3.05, 3.63) is 36.0 Å². The van der Waals surface area contributed by atoms with E-state index in [1.165, 1.54) is 5.39 Å². The number of carbonyl (C=O) groups is 2. The van der Waals surface area contributed by atoms with Crippen molar-refractivity contribution in [2.75, 3.05) is 13.1 Å². The van der Waals surface area contributed by atoms with E-state index in [4.69, 9.17) is 0 Å². The van der Waals surface area contributed by atoms with E-state index in [0.717, 1.165) is 11.1 Å². The molecule has 1 saturated heterocycles. The minimum atomic E-state index is -0.818. The molecule has 0 aliphatic carbocycles. The van der Waals surface area contributed by atoms with Gasteiger partial charge in [0.25, 0.3) is 0 Å². The van der Waals surface area contributed by atoms with Gasteiger partial charge >= 0.3 is 5.97 Å². The van der Waals surface area contributed by atoms with E-state index in [0.29, 0.717) is 32.4 Å². The molecule has 2 aromatic rings. The Morgan fingerprint density at radius 3 is 2.74 bits per heavy atom. The minimum absolute atomic E-state index is 0.0444. The Balaban J connectivity index is 1.66. The number of amides is 1. The van der Waals surface area contributed by atoms with Crippen LogP contribution in [0.1, 0.15) is 25.3 Å². The zero-order valence-corrected chi connectivity index (χ0v) is 13.6. The number of carboxylic acids is 1. The summed E-state index contributed by atoms with van der Waals surface area (Å²) in [4.78, 5) is 25.4. The maximum absolute atomic E-state index is 12.4. The number of benzene rings is 1. The third-order valence-electron chi connectivity index (χ3n) is 4.93. The topological polar surface area (TPSA) is 62.5 Å². The van der Waals surface area contributed by atoms with Crippen LogP contribution in [0.2, 0.25) is 0 Å². The van der Waals surface area contributed by atoms with Gasteiger partial charge in [0.15, 0.2) is 0 Å². The molecule has 3 rings (SSSR count). The lowest BCUT2D eigenvalue weighted by molar-refractivity contribution is -0.147. The fraction of sp³-hybridized carbons (Fsp3) is 0.444. The first kappa shape index (κ1) is 15.6. The first-order valence-corrected chi connectivity index (χ1v) is 7.95. The third-order valence-corrected chi connectivity index (χ3v) is 4.93. The summed E-state index contributed by atoms with van der Waals surface area (Å²) >= 11 is 0. The second-order valence-corrected chi connectivity index (χ2v) is 6.71. The van der Waals surface area contributed by atoms with Gasteiger partial charge in [0.05, 0.1) is 5.41 Å². The van der Waals surface area contributed by atoms with Crippen LogP contribution in [-0.4, -0.2) is 39.5 Å². The molecule has 5 heteroatoms. The molecular weight excluding hydrogens is 292 g/mol. The van der Waals surface area contributed by atoms with Crippen molar-refractivity contribution < 1.29 is 14.7 Å². The summed E-state index contributed by atoms with van der Waals surface area (Å²) in [5.41, 5.74) is 1.53. The smallest absolute Gasteiger partial charge is 0.311 e. The number of carbonyl (C=O) groups excluding carboxylic acids is 1. The summed E-state index contributed by atoms with van der Waals surface area (Å²) in [6, 6.07) is 8.16. The fourth-order valence-electron chi connectivity index (χ4n) is 3.37. The first-order chi connectivity index (χ1) is 10.9. The van der Waals surface area contributed by atoms with E-state index in [-0.39, 0.29) is 5.91 Å². The highest BCUT2D eigenvalue weighted by atomic mass is 16.4. The summed E-state index contributed by atoms with van der Waals surface area (Å²) in [6.07, 6.45) is 3.70. The Kier molecular flexibility index (Phi) is 3.88. The van der Waals surface area contributed by atoms with E-state index < -0.39 is 11.4 Å². The van der Waals surface area contributed by atoms with Gasteiger partial charge in [-0.1, -0.05) is 18.2 Å². The van der Waals surface area contributed by atoms with Gasteiger partial charge in [0, 0.05) is 43.7 Å². The van der Waals surface area contributed by atoms with Crippen LogP contribution in [0.25, 0.3) is 10.9 Å². The van der Waals surface area contributed by atoms with Gasteiger partial charge in [-0.3, -0.25) is 9.59 Å². The Bertz CT molecular complexity index is 765. The highest BCUT2D eigenvalue weighted by Gasteiger charge is 2.41. The number of para-hydroxylation sites is 1. The van der Waals surface area contributed by atoms with Crippen LogP contribution >= 0.6 is 0 Å². The standard InChI is InChI=1S/C18H22N2O3/c1-18(17(22)23)9-10-20(12-18)16(21)8-7-13-11-19(2)15-6-4-3-5-14(13)15/h3-6,11H,7-10,12H2,1-2H3,(H,22,23)/t18-/m0/s1. The summed E-state index contributed by atoms with van der Waals surface area (Å²) in [7, 11) is 2.01. The van der Waals surface area contributed by atoms with Crippen LogP contribution in [0.15, 0.2) is 30.5 Å². The molecule has 122 valence electrons. The highest BCUT2D eigenvalue weighted by Crippen LogP contribution is 2.30. The van der Waals surface area contributed by atoms with Crippen molar-refractivity contribution in [2.24, 2.45) is 12.5 Å². The van der Waals surface area contributed by atoms with E-state index in [1.54, 1.807) is 11.8 Å². The summed E-state index contributed by atoms with van der Waals surface area (Å²) in [5, 5.41) is 10.4. The zero-order valence-electron chi connectivity index (χ0n) is 13.6. The van der Waals surface area contributed by atoms with Crippen LogP contribution in [0.3, 0.4) is 0 Å². The van der Waals surface area contributed by atoms with E-state index >= 15 is 0 Å². The Morgan fingerprint density at radius 1 is 1.30 bits per heavy atom. The lowest BCUT2D eigenvalue weighted by Gasteiger charge is -2.20. The van der Waals surface area contributed by atoms with Gasteiger partial charge in [-0.15, -0.1) is 0 Å². The maximum Gasteiger partial charge on any atom is 0.311 e. The van der Waals surface area contributed by atoms with Crippen molar-refractivity contribution in [1.82, 2.24) is 9.47 Å². The highest BCUT2D eigenvalue weighted by molar-refractivity contribution is 5.85. The van der Waals surface area contributed by atoms with Gasteiger partial charge in [0.2, 0.25) is 5.91 Å². The average Bonchev–Trinajstić information content (AvgIpc) is 3.08. The summed E-state index contributed by atoms with van der Waals surface area (Å²) in [6.45, 7) is 2.57. The monoisotopic (exact) mass is 314 g/mol. The van der Waals surface area contributed by atoms with Crippen molar-refractivity contribution in [3.8, 4) is 0 Å². The van der Waals surface area contributed by atoms with E-state index in [1.807, 2.05) is 19.2 Å². The SMILES string of the molecule is Cn1cc(CCC(=O)N2CC[C@](C)(C(=O)O)C2)c2ccccc21. The molecule has 1 aliphatic rings. The van der Waals surface area contributed by atoms with Gasteiger partial charge in [0.1, 0.15) is 0 Å². The predicted molar refractivity (Wildman–Crippen MR) is 88.2 cm³/mol. The van der Waals surface area contributed by atoms with Crippen LogP contribution in [0.5, 0.6) is 0 Å². The Morgan fingerprint density at radius 2 is 2.04 bits per heavy atom. The molecule has 0 radical (unpaired) electrons. The number of rotatable bonds is 4. The Labute approximate surface area is 135 Å². The number of carboxylic acid groups (broad SMARTS) is 1.